The van der Waals surface area contributed by atoms with Crippen molar-refractivity contribution in [2.24, 2.45) is 11.0 Å². The number of para-hydroxylation sites is 1. The summed E-state index contributed by atoms with van der Waals surface area (Å²) in [5.74, 6) is 1.93. The molecule has 0 saturated carbocycles. The zero-order chi connectivity index (χ0) is 26.6. The lowest BCUT2D eigenvalue weighted by molar-refractivity contribution is 0.245. The average Bonchev–Trinajstić information content (AvgIpc) is 3.38. The molecule has 1 fully saturated rings. The van der Waals surface area contributed by atoms with E-state index in [1.54, 1.807) is 14.2 Å². The van der Waals surface area contributed by atoms with Crippen LogP contribution in [0, 0.1) is 5.92 Å². The van der Waals surface area contributed by atoms with Crippen LogP contribution in [0.2, 0.25) is 0 Å². The monoisotopic (exact) mass is 515 g/mol. The van der Waals surface area contributed by atoms with E-state index in [0.29, 0.717) is 0 Å². The van der Waals surface area contributed by atoms with Crippen LogP contribution in [0.15, 0.2) is 120 Å². The molecule has 4 aromatic carbocycles. The topological polar surface area (TPSA) is 37.3 Å². The number of hydrogen-bond acceptors (Lipinski definition) is 5. The average molecular weight is 516 g/mol. The lowest BCUT2D eigenvalue weighted by Crippen LogP contribution is -2.43. The number of likely N-dealkylation sites (tertiary alicyclic amines) is 1. The maximum absolute atomic E-state index is 5.46. The normalized spacial score (nSPS) is 20.0. The minimum Gasteiger partial charge on any atom is -0.497 e. The van der Waals surface area contributed by atoms with E-state index >= 15 is 0 Å². The predicted octanol–water partition coefficient (Wildman–Crippen LogP) is 6.84. The summed E-state index contributed by atoms with van der Waals surface area (Å²) in [6.07, 6.45) is 2.29. The Kier molecular flexibility index (Phi) is 7.15. The molecule has 39 heavy (non-hydrogen) atoms. The van der Waals surface area contributed by atoms with E-state index in [2.05, 4.69) is 113 Å². The van der Waals surface area contributed by atoms with Crippen molar-refractivity contribution in [3.05, 3.63) is 131 Å². The van der Waals surface area contributed by atoms with Gasteiger partial charge in [0.25, 0.3) is 0 Å². The van der Waals surface area contributed by atoms with Crippen LogP contribution in [0.3, 0.4) is 0 Å². The molecule has 0 N–H and O–H groups in total. The van der Waals surface area contributed by atoms with E-state index in [1.165, 1.54) is 22.4 Å². The molecule has 6 rings (SSSR count). The smallest absolute Gasteiger partial charge is 0.118 e. The molecule has 2 atom stereocenters. The molecule has 5 heteroatoms. The second kappa shape index (κ2) is 11.2. The summed E-state index contributed by atoms with van der Waals surface area (Å²) in [6, 6.07) is 38.0. The van der Waals surface area contributed by atoms with Gasteiger partial charge in [-0.1, -0.05) is 72.8 Å². The van der Waals surface area contributed by atoms with E-state index in [4.69, 9.17) is 14.6 Å². The highest BCUT2D eigenvalue weighted by molar-refractivity contribution is 6.09. The molecule has 0 radical (unpaired) electrons. The van der Waals surface area contributed by atoms with Gasteiger partial charge in [-0.2, -0.15) is 5.10 Å². The Hall–Kier alpha value is -4.35. The molecule has 196 valence electrons. The minimum atomic E-state index is 0.0751. The number of methoxy groups -OCH3 is 2. The van der Waals surface area contributed by atoms with Gasteiger partial charge in [-0.05, 0) is 64.7 Å². The number of benzene rings is 4. The van der Waals surface area contributed by atoms with E-state index < -0.39 is 0 Å². The highest BCUT2D eigenvalue weighted by Gasteiger charge is 2.44. The van der Waals surface area contributed by atoms with Crippen LogP contribution < -0.4 is 14.5 Å². The number of nitrogens with zero attached hydrogens (tertiary/aromatic N) is 3. The fraction of sp³-hybridized carbons (Fsp3) is 0.206. The summed E-state index contributed by atoms with van der Waals surface area (Å²) in [6.45, 7) is 2.66. The second-order valence-electron chi connectivity index (χ2n) is 10.1. The van der Waals surface area contributed by atoms with Gasteiger partial charge in [0.2, 0.25) is 0 Å². The third-order valence-electron chi connectivity index (χ3n) is 7.57. The molecule has 2 aliphatic heterocycles. The Bertz CT molecular complexity index is 1450. The number of rotatable bonds is 7. The van der Waals surface area contributed by atoms with Gasteiger partial charge in [-0.3, -0.25) is 9.91 Å². The zero-order valence-corrected chi connectivity index (χ0v) is 22.4. The number of ether oxygens (including phenoxy) is 2. The first-order valence-electron chi connectivity index (χ1n) is 13.4. The van der Waals surface area contributed by atoms with Crippen molar-refractivity contribution >= 4 is 17.5 Å². The SMILES string of the molecule is COc1ccc(C=C2CN(Cc3ccccc3)CC3C2=NN(c2ccccc2)C3c2ccc(OC)cc2)cc1. The second-order valence-corrected chi connectivity index (χ2v) is 10.1. The molecule has 0 spiro atoms. The van der Waals surface area contributed by atoms with Crippen molar-refractivity contribution in [1.82, 2.24) is 4.90 Å². The van der Waals surface area contributed by atoms with Gasteiger partial charge in [0.1, 0.15) is 11.5 Å². The maximum Gasteiger partial charge on any atom is 0.118 e. The Morgan fingerprint density at radius 1 is 0.769 bits per heavy atom. The Morgan fingerprint density at radius 2 is 1.38 bits per heavy atom. The van der Waals surface area contributed by atoms with Crippen molar-refractivity contribution in [2.75, 3.05) is 32.3 Å². The van der Waals surface area contributed by atoms with Gasteiger partial charge >= 0.3 is 0 Å². The van der Waals surface area contributed by atoms with Crippen molar-refractivity contribution in [1.29, 1.82) is 0 Å². The third kappa shape index (κ3) is 5.31. The molecule has 4 aromatic rings. The largest absolute Gasteiger partial charge is 0.497 e. The van der Waals surface area contributed by atoms with Crippen LogP contribution in [0.1, 0.15) is 22.7 Å². The summed E-state index contributed by atoms with van der Waals surface area (Å²) in [5.41, 5.74) is 7.21. The number of hydrogen-bond donors (Lipinski definition) is 0. The lowest BCUT2D eigenvalue weighted by atomic mass is 9.82. The van der Waals surface area contributed by atoms with Crippen LogP contribution >= 0.6 is 0 Å². The molecular formula is C34H33N3O2. The first-order chi connectivity index (χ1) is 19.2. The maximum atomic E-state index is 5.46. The van der Waals surface area contributed by atoms with E-state index in [0.717, 1.165) is 42.4 Å². The quantitative estimate of drug-likeness (QED) is 0.270. The lowest BCUT2D eigenvalue weighted by Gasteiger charge is -2.36. The molecule has 5 nitrogen and oxygen atoms in total. The van der Waals surface area contributed by atoms with Gasteiger partial charge in [0.15, 0.2) is 0 Å². The molecule has 2 aliphatic rings. The van der Waals surface area contributed by atoms with Crippen molar-refractivity contribution in [2.45, 2.75) is 12.6 Å². The van der Waals surface area contributed by atoms with Crippen LogP contribution in [0.25, 0.3) is 6.08 Å². The fourth-order valence-corrected chi connectivity index (χ4v) is 5.68. The van der Waals surface area contributed by atoms with Gasteiger partial charge < -0.3 is 9.47 Å². The molecule has 0 amide bonds. The first kappa shape index (κ1) is 25.0. The Morgan fingerprint density at radius 3 is 2.03 bits per heavy atom. The zero-order valence-electron chi connectivity index (χ0n) is 22.4. The van der Waals surface area contributed by atoms with Crippen LogP contribution in [-0.2, 0) is 6.54 Å². The standard InChI is InChI=1S/C34H33N3O2/c1-38-30-17-13-25(14-18-30)21-28-23-36(22-26-9-5-3-6-10-26)24-32-33(28)35-37(29-11-7-4-8-12-29)34(32)27-15-19-31(39-2)20-16-27/h3-21,32,34H,22-24H2,1-2H3. The summed E-state index contributed by atoms with van der Waals surface area (Å²) in [7, 11) is 3.41. The van der Waals surface area contributed by atoms with E-state index in [9.17, 15) is 0 Å². The summed E-state index contributed by atoms with van der Waals surface area (Å²) in [5, 5.41) is 7.55. The highest BCUT2D eigenvalue weighted by Crippen LogP contribution is 2.43. The molecule has 2 unspecified atom stereocenters. The molecule has 2 heterocycles. The van der Waals surface area contributed by atoms with Crippen molar-refractivity contribution in [3.63, 3.8) is 0 Å². The molecule has 1 saturated heterocycles. The van der Waals surface area contributed by atoms with Crippen LogP contribution in [-0.4, -0.2) is 37.9 Å². The summed E-state index contributed by atoms with van der Waals surface area (Å²) < 4.78 is 10.9. The molecule has 0 aliphatic carbocycles. The minimum absolute atomic E-state index is 0.0751. The van der Waals surface area contributed by atoms with Crippen molar-refractivity contribution in [3.8, 4) is 11.5 Å². The molecule has 0 aromatic heterocycles. The Labute approximate surface area is 230 Å². The van der Waals surface area contributed by atoms with Gasteiger partial charge in [-0.25, -0.2) is 0 Å². The van der Waals surface area contributed by atoms with E-state index in [-0.39, 0.29) is 12.0 Å². The number of hydrazone groups is 1. The third-order valence-corrected chi connectivity index (χ3v) is 7.57. The summed E-state index contributed by atoms with van der Waals surface area (Å²) in [4.78, 5) is 2.55. The molecular weight excluding hydrogens is 482 g/mol. The Balaban J connectivity index is 1.43. The van der Waals surface area contributed by atoms with Crippen LogP contribution in [0.4, 0.5) is 5.69 Å². The first-order valence-corrected chi connectivity index (χ1v) is 13.4. The van der Waals surface area contributed by atoms with Crippen molar-refractivity contribution < 1.29 is 9.47 Å². The number of piperidine rings is 1. The summed E-state index contributed by atoms with van der Waals surface area (Å²) >= 11 is 0. The van der Waals surface area contributed by atoms with Gasteiger partial charge in [0.05, 0.1) is 31.7 Å². The fourth-order valence-electron chi connectivity index (χ4n) is 5.68. The van der Waals surface area contributed by atoms with Crippen LogP contribution in [0.5, 0.6) is 11.5 Å². The van der Waals surface area contributed by atoms with E-state index in [1.807, 2.05) is 12.1 Å². The van der Waals surface area contributed by atoms with Gasteiger partial charge in [-0.15, -0.1) is 0 Å². The highest BCUT2D eigenvalue weighted by atomic mass is 16.5. The number of fused-ring (bicyclic) bond motifs is 1. The molecule has 0 bridgehead atoms. The number of anilines is 1. The predicted molar refractivity (Wildman–Crippen MR) is 158 cm³/mol. The van der Waals surface area contributed by atoms with Gasteiger partial charge in [0, 0.05) is 25.6 Å².